The number of hydrogen-bond acceptors (Lipinski definition) is 2. The van der Waals surface area contributed by atoms with Crippen LogP contribution in [0.3, 0.4) is 0 Å². The summed E-state index contributed by atoms with van der Waals surface area (Å²) in [6, 6.07) is 63.6. The first-order valence-electron chi connectivity index (χ1n) is 17.7. The average Bonchev–Trinajstić information content (AvgIpc) is 3.67. The fourth-order valence-corrected chi connectivity index (χ4v) is 8.35. The Kier molecular flexibility index (Phi) is 6.56. The smallest absolute Gasteiger partial charge is 0.136 e. The molecule has 0 amide bonds. The summed E-state index contributed by atoms with van der Waals surface area (Å²) < 4.78 is 6.64. The fourth-order valence-electron chi connectivity index (χ4n) is 8.35. The van der Waals surface area contributed by atoms with Gasteiger partial charge in [0.05, 0.1) is 0 Å². The van der Waals surface area contributed by atoms with Gasteiger partial charge in [-0.1, -0.05) is 141 Å². The van der Waals surface area contributed by atoms with Crippen molar-refractivity contribution in [3.05, 3.63) is 187 Å². The summed E-state index contributed by atoms with van der Waals surface area (Å²) in [6.07, 6.45) is 0. The Labute approximate surface area is 297 Å². The molecule has 8 aromatic carbocycles. The molecule has 0 aliphatic heterocycles. The molecule has 0 bridgehead atoms. The summed E-state index contributed by atoms with van der Waals surface area (Å²) >= 11 is 0. The van der Waals surface area contributed by atoms with Crippen molar-refractivity contribution in [2.75, 3.05) is 4.90 Å². The quantitative estimate of drug-likeness (QED) is 0.184. The molecule has 0 spiro atoms. The van der Waals surface area contributed by atoms with E-state index in [0.717, 1.165) is 39.0 Å². The van der Waals surface area contributed by atoms with Gasteiger partial charge in [-0.05, 0) is 104 Å². The lowest BCUT2D eigenvalue weighted by atomic mass is 9.82. The van der Waals surface area contributed by atoms with E-state index in [2.05, 4.69) is 195 Å². The molecule has 10 rings (SSSR count). The highest BCUT2D eigenvalue weighted by Crippen LogP contribution is 2.51. The minimum absolute atomic E-state index is 0.0547. The third kappa shape index (κ3) is 4.64. The molecule has 9 aromatic rings. The maximum absolute atomic E-state index is 6.64. The van der Waals surface area contributed by atoms with Gasteiger partial charge in [0.1, 0.15) is 11.2 Å². The van der Waals surface area contributed by atoms with Gasteiger partial charge in [0.2, 0.25) is 0 Å². The van der Waals surface area contributed by atoms with Gasteiger partial charge in [0.15, 0.2) is 0 Å². The monoisotopic (exact) mass is 653 g/mol. The number of furan rings is 1. The van der Waals surface area contributed by atoms with Crippen LogP contribution in [-0.4, -0.2) is 0 Å². The lowest BCUT2D eigenvalue weighted by molar-refractivity contribution is 0.660. The van der Waals surface area contributed by atoms with E-state index in [0.29, 0.717) is 0 Å². The zero-order valence-electron chi connectivity index (χ0n) is 28.6. The molecule has 2 heteroatoms. The maximum Gasteiger partial charge on any atom is 0.136 e. The molecule has 0 N–H and O–H groups in total. The van der Waals surface area contributed by atoms with Gasteiger partial charge >= 0.3 is 0 Å². The van der Waals surface area contributed by atoms with Crippen molar-refractivity contribution in [1.82, 2.24) is 0 Å². The number of hydrogen-bond donors (Lipinski definition) is 0. The first kappa shape index (κ1) is 29.5. The van der Waals surface area contributed by atoms with Crippen molar-refractivity contribution in [2.45, 2.75) is 19.3 Å². The van der Waals surface area contributed by atoms with E-state index in [1.165, 1.54) is 55.3 Å². The van der Waals surface area contributed by atoms with E-state index in [4.69, 9.17) is 4.42 Å². The van der Waals surface area contributed by atoms with Crippen molar-refractivity contribution >= 4 is 49.8 Å². The SMILES string of the molecule is CC1(C)c2ccccc2-c2cc(N(c3ccc(-c4ccccc4)cc3)c3ccc4oc5cc(-c6ccccc6)c6ccccc6c5c4c3)ccc21. The first-order chi connectivity index (χ1) is 25.0. The summed E-state index contributed by atoms with van der Waals surface area (Å²) in [6.45, 7) is 4.67. The van der Waals surface area contributed by atoms with Crippen LogP contribution in [0, 0.1) is 0 Å². The van der Waals surface area contributed by atoms with E-state index >= 15 is 0 Å². The molecule has 0 radical (unpaired) electrons. The minimum Gasteiger partial charge on any atom is -0.456 e. The number of anilines is 3. The van der Waals surface area contributed by atoms with Gasteiger partial charge in [-0.25, -0.2) is 0 Å². The van der Waals surface area contributed by atoms with Crippen molar-refractivity contribution < 1.29 is 4.42 Å². The van der Waals surface area contributed by atoms with Gasteiger partial charge in [-0.2, -0.15) is 0 Å². The molecule has 1 heterocycles. The highest BCUT2D eigenvalue weighted by molar-refractivity contribution is 6.22. The second kappa shape index (κ2) is 11.3. The van der Waals surface area contributed by atoms with Crippen LogP contribution in [0.25, 0.3) is 66.1 Å². The zero-order chi connectivity index (χ0) is 34.1. The summed E-state index contributed by atoms with van der Waals surface area (Å²) in [5.74, 6) is 0. The predicted octanol–water partition coefficient (Wildman–Crippen LogP) is 13.8. The van der Waals surface area contributed by atoms with Crippen LogP contribution in [0.15, 0.2) is 180 Å². The third-order valence-electron chi connectivity index (χ3n) is 10.9. The van der Waals surface area contributed by atoms with Crippen molar-refractivity contribution in [1.29, 1.82) is 0 Å². The highest BCUT2D eigenvalue weighted by Gasteiger charge is 2.35. The maximum atomic E-state index is 6.64. The van der Waals surface area contributed by atoms with Crippen LogP contribution in [0.1, 0.15) is 25.0 Å². The molecule has 0 saturated heterocycles. The summed E-state index contributed by atoms with van der Waals surface area (Å²) in [4.78, 5) is 2.39. The Balaban J connectivity index is 1.19. The van der Waals surface area contributed by atoms with Crippen LogP contribution in [-0.2, 0) is 5.41 Å². The van der Waals surface area contributed by atoms with Crippen LogP contribution >= 0.6 is 0 Å². The second-order valence-corrected chi connectivity index (χ2v) is 14.1. The molecule has 0 unspecified atom stereocenters. The normalized spacial score (nSPS) is 13.1. The lowest BCUT2D eigenvalue weighted by Gasteiger charge is -2.27. The topological polar surface area (TPSA) is 16.4 Å². The number of rotatable bonds is 5. The van der Waals surface area contributed by atoms with Crippen molar-refractivity contribution in [2.24, 2.45) is 0 Å². The van der Waals surface area contributed by atoms with E-state index in [1.807, 2.05) is 0 Å². The molecule has 1 aromatic heterocycles. The first-order valence-corrected chi connectivity index (χ1v) is 17.7. The van der Waals surface area contributed by atoms with Crippen molar-refractivity contribution in [3.8, 4) is 33.4 Å². The predicted molar refractivity (Wildman–Crippen MR) is 214 cm³/mol. The van der Waals surface area contributed by atoms with Gasteiger partial charge < -0.3 is 9.32 Å². The van der Waals surface area contributed by atoms with Crippen LogP contribution in [0.4, 0.5) is 17.1 Å². The van der Waals surface area contributed by atoms with Crippen LogP contribution < -0.4 is 4.90 Å². The summed E-state index contributed by atoms with van der Waals surface area (Å²) in [5, 5.41) is 4.67. The number of nitrogens with zero attached hydrogens (tertiary/aromatic N) is 1. The van der Waals surface area contributed by atoms with E-state index in [1.54, 1.807) is 0 Å². The molecule has 0 atom stereocenters. The van der Waals surface area contributed by atoms with Gasteiger partial charge in [0.25, 0.3) is 0 Å². The Morgan fingerprint density at radius 1 is 0.392 bits per heavy atom. The second-order valence-electron chi connectivity index (χ2n) is 14.1. The molecule has 2 nitrogen and oxygen atoms in total. The molecule has 0 fully saturated rings. The molecule has 0 saturated carbocycles. The fraction of sp³-hybridized carbons (Fsp3) is 0.0612. The van der Waals surface area contributed by atoms with Gasteiger partial charge in [-0.15, -0.1) is 0 Å². The van der Waals surface area contributed by atoms with E-state index < -0.39 is 0 Å². The Hall–Kier alpha value is -6.38. The van der Waals surface area contributed by atoms with Gasteiger partial charge in [0, 0.05) is 33.2 Å². The standard InChI is InChI=1S/C49H35NO/c1-49(2)44-20-12-11-18-39(44)42-29-36(25-27-45(42)49)50(35-23-21-33(22-24-35)32-13-5-3-6-14-32)37-26-28-46-43(30-37)48-40-19-10-9-17-38(40)41(31-47(48)51-46)34-15-7-4-8-16-34/h3-31H,1-2H3. The summed E-state index contributed by atoms with van der Waals surface area (Å²) in [7, 11) is 0. The zero-order valence-corrected chi connectivity index (χ0v) is 28.6. The Morgan fingerprint density at radius 2 is 0.980 bits per heavy atom. The van der Waals surface area contributed by atoms with Crippen LogP contribution in [0.2, 0.25) is 0 Å². The van der Waals surface area contributed by atoms with Crippen molar-refractivity contribution in [3.63, 3.8) is 0 Å². The number of benzene rings is 8. The Bertz CT molecular complexity index is 2760. The molecular weight excluding hydrogens is 619 g/mol. The lowest BCUT2D eigenvalue weighted by Crippen LogP contribution is -2.15. The molecule has 1 aliphatic rings. The third-order valence-corrected chi connectivity index (χ3v) is 10.9. The molecule has 51 heavy (non-hydrogen) atoms. The Morgan fingerprint density at radius 3 is 1.76 bits per heavy atom. The number of fused-ring (bicyclic) bond motifs is 8. The minimum atomic E-state index is -0.0547. The molecule has 242 valence electrons. The molecular formula is C49H35NO. The average molecular weight is 654 g/mol. The van der Waals surface area contributed by atoms with E-state index in [9.17, 15) is 0 Å². The van der Waals surface area contributed by atoms with Crippen LogP contribution in [0.5, 0.6) is 0 Å². The largest absolute Gasteiger partial charge is 0.456 e. The molecule has 1 aliphatic carbocycles. The van der Waals surface area contributed by atoms with Gasteiger partial charge in [-0.3, -0.25) is 0 Å². The highest BCUT2D eigenvalue weighted by atomic mass is 16.3. The van der Waals surface area contributed by atoms with E-state index in [-0.39, 0.29) is 5.41 Å². The summed E-state index contributed by atoms with van der Waals surface area (Å²) in [5.41, 5.74) is 15.2.